The summed E-state index contributed by atoms with van der Waals surface area (Å²) >= 11 is 0. The number of carbonyl (C=O) groups is 1. The first-order chi connectivity index (χ1) is 8.70. The Bertz CT molecular complexity index is 552. The maximum atomic E-state index is 11.0. The highest BCUT2D eigenvalue weighted by Crippen LogP contribution is 2.26. The number of hydrogen-bond donors (Lipinski definition) is 2. The second-order valence-corrected chi connectivity index (χ2v) is 3.68. The summed E-state index contributed by atoms with van der Waals surface area (Å²) in [6, 6.07) is 14.1. The summed E-state index contributed by atoms with van der Waals surface area (Å²) in [6.45, 7) is 0. The van der Waals surface area contributed by atoms with Gasteiger partial charge < -0.3 is 15.2 Å². The van der Waals surface area contributed by atoms with Crippen LogP contribution in [-0.4, -0.2) is 18.1 Å². The second-order valence-electron chi connectivity index (χ2n) is 3.68. The fourth-order valence-electron chi connectivity index (χ4n) is 1.60. The molecule has 0 amide bonds. The lowest BCUT2D eigenvalue weighted by Crippen LogP contribution is -2.02. The molecule has 0 unspecified atom stereocenters. The predicted octanol–water partition coefficient (Wildman–Crippen LogP) is 3.22. The molecule has 0 aliphatic carbocycles. The Balaban J connectivity index is 2.28. The molecule has 0 bridgehead atoms. The number of ether oxygens (including phenoxy) is 1. The fourth-order valence-corrected chi connectivity index (χ4v) is 1.60. The van der Waals surface area contributed by atoms with Crippen LogP contribution in [0.5, 0.6) is 11.5 Å². The van der Waals surface area contributed by atoms with Crippen molar-refractivity contribution in [2.24, 2.45) is 0 Å². The number of hydrogen-bond acceptors (Lipinski definition) is 3. The van der Waals surface area contributed by atoms with Gasteiger partial charge in [0.15, 0.2) is 0 Å². The van der Waals surface area contributed by atoms with Gasteiger partial charge in [-0.3, -0.25) is 0 Å². The third-order valence-corrected chi connectivity index (χ3v) is 2.47. The van der Waals surface area contributed by atoms with Crippen LogP contribution in [0.3, 0.4) is 0 Å². The van der Waals surface area contributed by atoms with Crippen LogP contribution >= 0.6 is 0 Å². The van der Waals surface area contributed by atoms with E-state index in [1.165, 1.54) is 6.07 Å². The lowest BCUT2D eigenvalue weighted by atomic mass is 10.1. The van der Waals surface area contributed by atoms with E-state index in [1.807, 2.05) is 30.3 Å². The number of carboxylic acid groups (broad SMARTS) is 1. The average Bonchev–Trinajstić information content (AvgIpc) is 2.39. The Hall–Kier alpha value is -2.49. The Morgan fingerprint density at radius 1 is 1.11 bits per heavy atom. The molecule has 2 aromatic rings. The van der Waals surface area contributed by atoms with Crippen LogP contribution < -0.4 is 10.1 Å². The van der Waals surface area contributed by atoms with E-state index in [0.717, 1.165) is 0 Å². The molecule has 2 N–H and O–H groups in total. The maximum Gasteiger partial charge on any atom is 0.337 e. The molecule has 0 fully saturated rings. The van der Waals surface area contributed by atoms with Gasteiger partial charge in [-0.2, -0.15) is 0 Å². The number of benzene rings is 2. The summed E-state index contributed by atoms with van der Waals surface area (Å²) in [4.78, 5) is 11.0. The number of anilines is 1. The van der Waals surface area contributed by atoms with E-state index in [2.05, 4.69) is 5.32 Å². The average molecular weight is 243 g/mol. The first-order valence-electron chi connectivity index (χ1n) is 5.48. The topological polar surface area (TPSA) is 58.6 Å². The van der Waals surface area contributed by atoms with Crippen molar-refractivity contribution in [2.45, 2.75) is 0 Å². The minimum atomic E-state index is -0.967. The predicted molar refractivity (Wildman–Crippen MR) is 69.5 cm³/mol. The standard InChI is InChI=1S/C14H13NO3/c1-15-13-9-11(7-8-12(13)14(16)17)18-10-5-3-2-4-6-10/h2-9,15H,1H3,(H,16,17). The van der Waals surface area contributed by atoms with Crippen molar-refractivity contribution in [3.63, 3.8) is 0 Å². The minimum Gasteiger partial charge on any atom is -0.478 e. The summed E-state index contributed by atoms with van der Waals surface area (Å²) in [5, 5.41) is 11.8. The van der Waals surface area contributed by atoms with Crippen molar-refractivity contribution in [1.82, 2.24) is 0 Å². The molecule has 4 heteroatoms. The molecule has 0 radical (unpaired) electrons. The normalized spacial score (nSPS) is 9.83. The van der Waals surface area contributed by atoms with Crippen molar-refractivity contribution in [1.29, 1.82) is 0 Å². The van der Waals surface area contributed by atoms with E-state index >= 15 is 0 Å². The van der Waals surface area contributed by atoms with Gasteiger partial charge in [0, 0.05) is 13.1 Å². The molecule has 0 spiro atoms. The molecule has 2 rings (SSSR count). The maximum absolute atomic E-state index is 11.0. The second kappa shape index (κ2) is 5.23. The van der Waals surface area contributed by atoms with E-state index in [1.54, 1.807) is 19.2 Å². The SMILES string of the molecule is CNc1cc(Oc2ccccc2)ccc1C(=O)O. The molecule has 0 aromatic heterocycles. The molecule has 0 atom stereocenters. The van der Waals surface area contributed by atoms with Gasteiger partial charge >= 0.3 is 5.97 Å². The molecule has 92 valence electrons. The quantitative estimate of drug-likeness (QED) is 0.865. The molecular formula is C14H13NO3. The Morgan fingerprint density at radius 2 is 1.83 bits per heavy atom. The van der Waals surface area contributed by atoms with E-state index in [-0.39, 0.29) is 5.56 Å². The molecule has 0 heterocycles. The molecular weight excluding hydrogens is 230 g/mol. The highest BCUT2D eigenvalue weighted by atomic mass is 16.5. The summed E-state index contributed by atoms with van der Waals surface area (Å²) in [7, 11) is 1.67. The number of rotatable bonds is 4. The number of carboxylic acids is 1. The van der Waals surface area contributed by atoms with Crippen LogP contribution in [0.2, 0.25) is 0 Å². The third kappa shape index (κ3) is 2.60. The smallest absolute Gasteiger partial charge is 0.337 e. The summed E-state index contributed by atoms with van der Waals surface area (Å²) in [6.07, 6.45) is 0. The molecule has 0 saturated carbocycles. The van der Waals surface area contributed by atoms with Crippen LogP contribution in [-0.2, 0) is 0 Å². The summed E-state index contributed by atoms with van der Waals surface area (Å²) < 4.78 is 5.62. The van der Waals surface area contributed by atoms with Gasteiger partial charge in [-0.15, -0.1) is 0 Å². The van der Waals surface area contributed by atoms with Crippen LogP contribution in [0.25, 0.3) is 0 Å². The van der Waals surface area contributed by atoms with Crippen molar-refractivity contribution < 1.29 is 14.6 Å². The van der Waals surface area contributed by atoms with E-state index in [0.29, 0.717) is 17.2 Å². The highest BCUT2D eigenvalue weighted by molar-refractivity contribution is 5.94. The van der Waals surface area contributed by atoms with E-state index < -0.39 is 5.97 Å². The number of aromatic carboxylic acids is 1. The van der Waals surface area contributed by atoms with Gasteiger partial charge in [-0.1, -0.05) is 18.2 Å². The third-order valence-electron chi connectivity index (χ3n) is 2.47. The Morgan fingerprint density at radius 3 is 2.44 bits per heavy atom. The molecule has 0 aliphatic rings. The monoisotopic (exact) mass is 243 g/mol. The van der Waals surface area contributed by atoms with E-state index in [9.17, 15) is 4.79 Å². The van der Waals surface area contributed by atoms with Crippen LogP contribution in [0.15, 0.2) is 48.5 Å². The van der Waals surface area contributed by atoms with Gasteiger partial charge in [0.25, 0.3) is 0 Å². The largest absolute Gasteiger partial charge is 0.478 e. The van der Waals surface area contributed by atoms with Gasteiger partial charge in [0.1, 0.15) is 11.5 Å². The Labute approximate surface area is 105 Å². The van der Waals surface area contributed by atoms with Crippen molar-refractivity contribution in [2.75, 3.05) is 12.4 Å². The fraction of sp³-hybridized carbons (Fsp3) is 0.0714. The summed E-state index contributed by atoms with van der Waals surface area (Å²) in [5.41, 5.74) is 0.744. The lowest BCUT2D eigenvalue weighted by molar-refractivity contribution is 0.0698. The van der Waals surface area contributed by atoms with Crippen LogP contribution in [0.4, 0.5) is 5.69 Å². The van der Waals surface area contributed by atoms with Gasteiger partial charge in [-0.05, 0) is 24.3 Å². The minimum absolute atomic E-state index is 0.220. The zero-order valence-electron chi connectivity index (χ0n) is 9.88. The molecule has 2 aromatic carbocycles. The first-order valence-corrected chi connectivity index (χ1v) is 5.48. The van der Waals surface area contributed by atoms with Crippen molar-refractivity contribution in [3.8, 4) is 11.5 Å². The zero-order chi connectivity index (χ0) is 13.0. The molecule has 18 heavy (non-hydrogen) atoms. The van der Waals surface area contributed by atoms with Crippen molar-refractivity contribution in [3.05, 3.63) is 54.1 Å². The Kier molecular flexibility index (Phi) is 3.48. The molecule has 0 aliphatic heterocycles. The van der Waals surface area contributed by atoms with Gasteiger partial charge in [-0.25, -0.2) is 4.79 Å². The highest BCUT2D eigenvalue weighted by Gasteiger charge is 2.10. The van der Waals surface area contributed by atoms with Crippen LogP contribution in [0.1, 0.15) is 10.4 Å². The van der Waals surface area contributed by atoms with Gasteiger partial charge in [0.05, 0.1) is 11.3 Å². The van der Waals surface area contributed by atoms with Crippen LogP contribution in [0, 0.1) is 0 Å². The lowest BCUT2D eigenvalue weighted by Gasteiger charge is -2.09. The number of nitrogens with one attached hydrogen (secondary N) is 1. The molecule has 0 saturated heterocycles. The van der Waals surface area contributed by atoms with E-state index in [4.69, 9.17) is 9.84 Å². The zero-order valence-corrected chi connectivity index (χ0v) is 9.88. The number of para-hydroxylation sites is 1. The first kappa shape index (κ1) is 12.0. The van der Waals surface area contributed by atoms with Crippen molar-refractivity contribution >= 4 is 11.7 Å². The molecule has 4 nitrogen and oxygen atoms in total. The summed E-state index contributed by atoms with van der Waals surface area (Å²) in [5.74, 6) is 0.337. The van der Waals surface area contributed by atoms with Gasteiger partial charge in [0.2, 0.25) is 0 Å².